The summed E-state index contributed by atoms with van der Waals surface area (Å²) in [7, 11) is 1.51. The average molecular weight is 629 g/mol. The van der Waals surface area contributed by atoms with Gasteiger partial charge >= 0.3 is 0 Å². The van der Waals surface area contributed by atoms with Crippen LogP contribution in [-0.4, -0.2) is 45.1 Å². The normalized spacial score (nSPS) is 15.9. The highest BCUT2D eigenvalue weighted by Gasteiger charge is 2.28. The van der Waals surface area contributed by atoms with E-state index < -0.39 is 23.0 Å². The van der Waals surface area contributed by atoms with Gasteiger partial charge in [0.25, 0.3) is 5.56 Å². The molecule has 46 heavy (non-hydrogen) atoms. The summed E-state index contributed by atoms with van der Waals surface area (Å²) in [5.74, 6) is -0.658. The van der Waals surface area contributed by atoms with Gasteiger partial charge in [0.1, 0.15) is 17.7 Å². The van der Waals surface area contributed by atoms with Crippen molar-refractivity contribution in [3.8, 4) is 28.8 Å². The summed E-state index contributed by atoms with van der Waals surface area (Å²) in [5, 5.41) is 0.480. The van der Waals surface area contributed by atoms with Crippen molar-refractivity contribution in [3.63, 3.8) is 0 Å². The fourth-order valence-electron chi connectivity index (χ4n) is 6.02. The van der Waals surface area contributed by atoms with E-state index in [1.165, 1.54) is 54.5 Å². The summed E-state index contributed by atoms with van der Waals surface area (Å²) in [5.41, 5.74) is 1.61. The van der Waals surface area contributed by atoms with Crippen molar-refractivity contribution in [2.45, 2.75) is 51.4 Å². The van der Waals surface area contributed by atoms with Gasteiger partial charge in [-0.05, 0) is 73.7 Å². The molecule has 1 fully saturated rings. The van der Waals surface area contributed by atoms with Gasteiger partial charge < -0.3 is 18.9 Å². The molecule has 0 N–H and O–H groups in total. The second-order valence-corrected chi connectivity index (χ2v) is 11.2. The number of Topliss-reactive ketones (excluding diaryl/α,β-unsaturated/α-hetero) is 1. The molecular formula is C34H30F2N4O6. The van der Waals surface area contributed by atoms with Crippen LogP contribution in [-0.2, 0) is 24.1 Å². The Morgan fingerprint density at radius 3 is 2.61 bits per heavy atom. The third kappa shape index (κ3) is 5.60. The van der Waals surface area contributed by atoms with Crippen LogP contribution in [0.1, 0.15) is 47.3 Å². The lowest BCUT2D eigenvalue weighted by atomic mass is 9.99. The fraction of sp³-hybridized carbons (Fsp3) is 0.294. The second-order valence-electron chi connectivity index (χ2n) is 11.2. The molecule has 0 spiro atoms. The van der Waals surface area contributed by atoms with Crippen molar-refractivity contribution in [3.05, 3.63) is 99.7 Å². The molecule has 236 valence electrons. The van der Waals surface area contributed by atoms with Crippen LogP contribution in [0.15, 0.2) is 65.7 Å². The van der Waals surface area contributed by atoms with Crippen LogP contribution in [0.3, 0.4) is 0 Å². The van der Waals surface area contributed by atoms with Gasteiger partial charge in [-0.15, -0.1) is 0 Å². The minimum atomic E-state index is -0.704. The first-order chi connectivity index (χ1) is 22.4. The first-order valence-electron chi connectivity index (χ1n) is 15.1. The van der Waals surface area contributed by atoms with E-state index in [0.29, 0.717) is 58.9 Å². The third-order valence-corrected chi connectivity index (χ3v) is 8.23. The predicted molar refractivity (Wildman–Crippen MR) is 163 cm³/mol. The van der Waals surface area contributed by atoms with Gasteiger partial charge in [-0.1, -0.05) is 6.07 Å². The zero-order valence-electron chi connectivity index (χ0n) is 25.0. The molecular weight excluding hydrogens is 598 g/mol. The summed E-state index contributed by atoms with van der Waals surface area (Å²) in [4.78, 5) is 35.6. The molecule has 0 saturated carbocycles. The molecule has 0 unspecified atom stereocenters. The van der Waals surface area contributed by atoms with E-state index in [2.05, 4.69) is 9.97 Å². The molecule has 0 amide bonds. The lowest BCUT2D eigenvalue weighted by Crippen LogP contribution is -2.24. The maximum Gasteiger partial charge on any atom is 0.282 e. The Bertz CT molecular complexity index is 2000. The van der Waals surface area contributed by atoms with Gasteiger partial charge in [0.2, 0.25) is 5.88 Å². The number of carbonyl (C=O) groups is 1. The van der Waals surface area contributed by atoms with Gasteiger partial charge in [0.05, 0.1) is 36.0 Å². The van der Waals surface area contributed by atoms with Gasteiger partial charge in [-0.3, -0.25) is 14.3 Å². The van der Waals surface area contributed by atoms with Crippen LogP contribution >= 0.6 is 0 Å². The molecule has 3 aromatic carbocycles. The Morgan fingerprint density at radius 1 is 1.00 bits per heavy atom. The highest BCUT2D eigenvalue weighted by Crippen LogP contribution is 2.38. The molecule has 0 bridgehead atoms. The summed E-state index contributed by atoms with van der Waals surface area (Å²) in [6.45, 7) is 1.19. The molecule has 0 aliphatic carbocycles. The van der Waals surface area contributed by atoms with E-state index in [1.54, 1.807) is 22.9 Å². The van der Waals surface area contributed by atoms with Crippen LogP contribution in [0.25, 0.3) is 16.6 Å². The minimum absolute atomic E-state index is 0.0778. The number of methoxy groups -OCH3 is 1. The predicted octanol–water partition coefficient (Wildman–Crippen LogP) is 5.94. The first-order valence-corrected chi connectivity index (χ1v) is 15.1. The number of ether oxygens (including phenoxy) is 4. The van der Waals surface area contributed by atoms with Gasteiger partial charge in [-0.25, -0.2) is 23.4 Å². The largest absolute Gasteiger partial charge is 0.493 e. The van der Waals surface area contributed by atoms with E-state index in [1.807, 2.05) is 0 Å². The Kier molecular flexibility index (Phi) is 7.95. The molecule has 4 heterocycles. The van der Waals surface area contributed by atoms with Crippen LogP contribution in [0.4, 0.5) is 8.78 Å². The average Bonchev–Trinajstić information content (AvgIpc) is 3.67. The zero-order valence-corrected chi connectivity index (χ0v) is 25.0. The summed E-state index contributed by atoms with van der Waals surface area (Å²) < 4.78 is 55.1. The minimum Gasteiger partial charge on any atom is -0.493 e. The number of ketones is 1. The quantitative estimate of drug-likeness (QED) is 0.185. The molecule has 0 radical (unpaired) electrons. The molecule has 2 aromatic heterocycles. The van der Waals surface area contributed by atoms with E-state index in [0.717, 1.165) is 25.7 Å². The Morgan fingerprint density at radius 2 is 1.85 bits per heavy atom. The van der Waals surface area contributed by atoms with Crippen LogP contribution in [0.5, 0.6) is 23.1 Å². The van der Waals surface area contributed by atoms with E-state index >= 15 is 4.39 Å². The molecule has 5 aromatic rings. The maximum atomic E-state index is 15.4. The lowest BCUT2D eigenvalue weighted by molar-refractivity contribution is -0.0401. The van der Waals surface area contributed by atoms with Crippen molar-refractivity contribution in [1.82, 2.24) is 19.3 Å². The topological polar surface area (TPSA) is 107 Å². The van der Waals surface area contributed by atoms with Crippen molar-refractivity contribution >= 4 is 16.7 Å². The maximum absolute atomic E-state index is 15.4. The molecule has 2 aliphatic rings. The van der Waals surface area contributed by atoms with Crippen LogP contribution in [0.2, 0.25) is 0 Å². The Balaban J connectivity index is 1.14. The lowest BCUT2D eigenvalue weighted by Gasteiger charge is -2.19. The second kappa shape index (κ2) is 12.4. The van der Waals surface area contributed by atoms with Crippen molar-refractivity contribution in [1.29, 1.82) is 0 Å². The summed E-state index contributed by atoms with van der Waals surface area (Å²) in [6, 6.07) is 13.1. The number of halogens is 2. The molecule has 1 atom stereocenters. The van der Waals surface area contributed by atoms with E-state index in [-0.39, 0.29) is 29.9 Å². The van der Waals surface area contributed by atoms with Crippen LogP contribution < -0.4 is 19.8 Å². The number of rotatable bonds is 9. The number of hydrogen-bond acceptors (Lipinski definition) is 8. The number of fused-ring (bicyclic) bond motifs is 2. The third-order valence-electron chi connectivity index (χ3n) is 8.23. The van der Waals surface area contributed by atoms with Gasteiger partial charge in [0, 0.05) is 25.5 Å². The number of carbonyl (C=O) groups excluding carboxylic acids is 1. The van der Waals surface area contributed by atoms with Crippen molar-refractivity contribution in [2.75, 3.05) is 13.7 Å². The number of aromatic nitrogens is 4. The number of hydrogen-bond donors (Lipinski definition) is 0. The molecule has 12 heteroatoms. The number of benzene rings is 3. The zero-order chi connectivity index (χ0) is 31.8. The molecule has 2 aliphatic heterocycles. The molecule has 7 rings (SSSR count). The smallest absolute Gasteiger partial charge is 0.282 e. The standard InChI is InChI=1S/C34H30F2N4O6/c1-43-29-17-23-25(18-30(29)45-31-6-4-14-44-31)37-19-38-33(23)46-28-12-7-20(15-24(28)36)16-27(41)32-26-5-2-3-13-39(26)40(34(32)42)22-10-8-21(35)9-11-22/h7-12,15,17-19,31H,2-6,13-14,16H2,1H3/t31-/m1/s1. The SMILES string of the molecule is COc1cc2c(Oc3ccc(CC(=O)c4c5n(n(-c6ccc(F)cc6)c4=O)CCCC5)cc3F)ncnc2cc1O[C@@H]1CCCO1. The Hall–Kier alpha value is -5.10. The van der Waals surface area contributed by atoms with Gasteiger partial charge in [0.15, 0.2) is 35.1 Å². The molecule has 10 nitrogen and oxygen atoms in total. The highest BCUT2D eigenvalue weighted by molar-refractivity contribution is 5.98. The Labute approximate surface area is 262 Å². The monoisotopic (exact) mass is 628 g/mol. The highest BCUT2D eigenvalue weighted by atomic mass is 19.1. The van der Waals surface area contributed by atoms with E-state index in [4.69, 9.17) is 18.9 Å². The van der Waals surface area contributed by atoms with Gasteiger partial charge in [-0.2, -0.15) is 0 Å². The fourth-order valence-corrected chi connectivity index (χ4v) is 6.02. The van der Waals surface area contributed by atoms with E-state index in [9.17, 15) is 14.0 Å². The van der Waals surface area contributed by atoms with Crippen LogP contribution in [0, 0.1) is 11.6 Å². The summed E-state index contributed by atoms with van der Waals surface area (Å²) in [6.07, 6.45) is 4.67. The number of nitrogens with zero attached hydrogens (tertiary/aromatic N) is 4. The molecule has 1 saturated heterocycles. The van der Waals surface area contributed by atoms with Crippen molar-refractivity contribution in [2.24, 2.45) is 0 Å². The first kappa shape index (κ1) is 29.6. The van der Waals surface area contributed by atoms with Crippen molar-refractivity contribution < 1.29 is 32.5 Å². The summed E-state index contributed by atoms with van der Waals surface area (Å²) >= 11 is 0.